The predicted molar refractivity (Wildman–Crippen MR) is 296 cm³/mol. The minimum Gasteiger partial charge on any atom is -0.455 e. The van der Waals surface area contributed by atoms with E-state index in [0.29, 0.717) is 0 Å². The molecular weight excluding hydrogens is 847 g/mol. The smallest absolute Gasteiger partial charge is 0.145 e. The lowest BCUT2D eigenvalue weighted by Crippen LogP contribution is -2.10. The number of nitrogens with zero attached hydrogens (tertiary/aromatic N) is 1. The summed E-state index contributed by atoms with van der Waals surface area (Å²) in [6.45, 7) is 0. The van der Waals surface area contributed by atoms with E-state index in [1.165, 1.54) is 66.1 Å². The van der Waals surface area contributed by atoms with E-state index < -0.39 is 0 Å². The molecule has 0 aliphatic carbocycles. The molecule has 0 radical (unpaired) electrons. The molecule has 0 amide bonds. The lowest BCUT2D eigenvalue weighted by atomic mass is 9.93. The summed E-state index contributed by atoms with van der Waals surface area (Å²) in [5.74, 6) is 0. The van der Waals surface area contributed by atoms with Crippen molar-refractivity contribution in [1.82, 2.24) is 0 Å². The first kappa shape index (κ1) is 41.0. The van der Waals surface area contributed by atoms with Crippen LogP contribution in [0.1, 0.15) is 0 Å². The maximum atomic E-state index is 6.93. The van der Waals surface area contributed by atoms with Crippen LogP contribution in [-0.4, -0.2) is 0 Å². The van der Waals surface area contributed by atoms with Crippen LogP contribution in [0.4, 0.5) is 17.1 Å². The van der Waals surface area contributed by atoms with Gasteiger partial charge in [0.05, 0.1) is 11.1 Å². The summed E-state index contributed by atoms with van der Waals surface area (Å²) in [6.07, 6.45) is 0. The number of rotatable bonds is 9. The van der Waals surface area contributed by atoms with Crippen LogP contribution >= 0.6 is 0 Å². The third-order valence-corrected chi connectivity index (χ3v) is 13.9. The second kappa shape index (κ2) is 17.4. The Morgan fingerprint density at radius 1 is 0.243 bits per heavy atom. The van der Waals surface area contributed by atoms with Gasteiger partial charge in [-0.15, -0.1) is 0 Å². The minimum absolute atomic E-state index is 0.859. The lowest BCUT2D eigenvalue weighted by molar-refractivity contribution is 0.670. The topological polar surface area (TPSA) is 16.4 Å². The standard InChI is InChI=1S/C68H45NO/c1-2-14-46(15-3-1)47-28-32-52(33-29-47)58-21-8-9-22-59(58)54-38-42-56(43-39-54)69(55-40-36-49(37-41-55)48-30-34-53(35-31-48)60-25-12-18-50-16-4-6-20-57(50)60)65-45-44-63(62-26-13-19-51-17-5-7-23-61(51)62)68-67(65)64-24-10-11-27-66(64)70-68/h1-45H. The van der Waals surface area contributed by atoms with Crippen molar-refractivity contribution in [1.29, 1.82) is 0 Å². The molecule has 13 aromatic rings. The zero-order valence-electron chi connectivity index (χ0n) is 38.3. The molecule has 0 spiro atoms. The quantitative estimate of drug-likeness (QED) is 0.144. The SMILES string of the molecule is c1ccc(-c2ccc(-c3ccccc3-c3ccc(N(c4ccc(-c5ccc(-c6cccc7ccccc67)cc5)cc4)c4ccc(-c5cccc6ccccc56)c5oc6ccccc6c45)cc3)cc2)cc1. The Morgan fingerprint density at radius 3 is 1.24 bits per heavy atom. The van der Waals surface area contributed by atoms with Crippen LogP contribution < -0.4 is 4.90 Å². The third kappa shape index (κ3) is 7.31. The third-order valence-electron chi connectivity index (χ3n) is 13.9. The van der Waals surface area contributed by atoms with Crippen LogP contribution in [0, 0.1) is 0 Å². The number of benzene rings is 12. The maximum absolute atomic E-state index is 6.93. The molecular formula is C68H45NO. The Morgan fingerprint density at radius 2 is 0.643 bits per heavy atom. The van der Waals surface area contributed by atoms with E-state index in [0.717, 1.165) is 61.3 Å². The fourth-order valence-electron chi connectivity index (χ4n) is 10.5. The normalized spacial score (nSPS) is 11.4. The monoisotopic (exact) mass is 891 g/mol. The van der Waals surface area contributed by atoms with Gasteiger partial charge >= 0.3 is 0 Å². The fourth-order valence-corrected chi connectivity index (χ4v) is 10.5. The number of hydrogen-bond donors (Lipinski definition) is 0. The number of furan rings is 1. The van der Waals surface area contributed by atoms with E-state index in [1.54, 1.807) is 0 Å². The van der Waals surface area contributed by atoms with E-state index in [-0.39, 0.29) is 0 Å². The summed E-state index contributed by atoms with van der Waals surface area (Å²) in [7, 11) is 0. The number of fused-ring (bicyclic) bond motifs is 5. The van der Waals surface area contributed by atoms with Crippen LogP contribution in [0.25, 0.3) is 110 Å². The van der Waals surface area contributed by atoms with E-state index in [9.17, 15) is 0 Å². The van der Waals surface area contributed by atoms with Gasteiger partial charge in [0.25, 0.3) is 0 Å². The van der Waals surface area contributed by atoms with Gasteiger partial charge in [-0.3, -0.25) is 0 Å². The molecule has 328 valence electrons. The van der Waals surface area contributed by atoms with Crippen LogP contribution in [0.3, 0.4) is 0 Å². The van der Waals surface area contributed by atoms with Gasteiger partial charge < -0.3 is 9.32 Å². The summed E-state index contributed by atoms with van der Waals surface area (Å²) in [5.41, 5.74) is 19.0. The molecule has 2 heteroatoms. The highest BCUT2D eigenvalue weighted by Crippen LogP contribution is 2.48. The molecule has 0 saturated heterocycles. The lowest BCUT2D eigenvalue weighted by Gasteiger charge is -2.27. The molecule has 0 fully saturated rings. The van der Waals surface area contributed by atoms with Gasteiger partial charge in [0, 0.05) is 22.3 Å². The van der Waals surface area contributed by atoms with Crippen LogP contribution in [0.15, 0.2) is 277 Å². The van der Waals surface area contributed by atoms with Gasteiger partial charge in [0.2, 0.25) is 0 Å². The molecule has 1 heterocycles. The molecule has 70 heavy (non-hydrogen) atoms. The molecule has 0 atom stereocenters. The van der Waals surface area contributed by atoms with Gasteiger partial charge in [-0.25, -0.2) is 0 Å². The zero-order chi connectivity index (χ0) is 46.4. The first-order valence-corrected chi connectivity index (χ1v) is 24.0. The molecule has 0 saturated carbocycles. The first-order chi connectivity index (χ1) is 34.7. The van der Waals surface area contributed by atoms with Crippen molar-refractivity contribution in [3.05, 3.63) is 273 Å². The van der Waals surface area contributed by atoms with Crippen LogP contribution in [0.2, 0.25) is 0 Å². The average molecular weight is 892 g/mol. The van der Waals surface area contributed by atoms with Gasteiger partial charge in [-0.05, 0) is 125 Å². The molecule has 0 aliphatic rings. The molecule has 1 aromatic heterocycles. The van der Waals surface area contributed by atoms with E-state index in [4.69, 9.17) is 4.42 Å². The van der Waals surface area contributed by atoms with Crippen LogP contribution in [-0.2, 0) is 0 Å². The van der Waals surface area contributed by atoms with Crippen molar-refractivity contribution in [2.45, 2.75) is 0 Å². The van der Waals surface area contributed by atoms with Crippen LogP contribution in [0.5, 0.6) is 0 Å². The fraction of sp³-hybridized carbons (Fsp3) is 0. The summed E-state index contributed by atoms with van der Waals surface area (Å²) in [4.78, 5) is 2.39. The first-order valence-electron chi connectivity index (χ1n) is 24.0. The second-order valence-corrected chi connectivity index (χ2v) is 18.0. The minimum atomic E-state index is 0.859. The Labute approximate surface area is 407 Å². The predicted octanol–water partition coefficient (Wildman–Crippen LogP) is 19.4. The van der Waals surface area contributed by atoms with Gasteiger partial charge in [-0.2, -0.15) is 0 Å². The Bertz CT molecular complexity index is 4010. The van der Waals surface area contributed by atoms with Crippen molar-refractivity contribution < 1.29 is 4.42 Å². The van der Waals surface area contributed by atoms with Crippen molar-refractivity contribution in [2.75, 3.05) is 4.90 Å². The largest absolute Gasteiger partial charge is 0.455 e. The van der Waals surface area contributed by atoms with E-state index >= 15 is 0 Å². The van der Waals surface area contributed by atoms with Gasteiger partial charge in [0.1, 0.15) is 11.2 Å². The average Bonchev–Trinajstić information content (AvgIpc) is 3.84. The Kier molecular flexibility index (Phi) is 10.2. The van der Waals surface area contributed by atoms with E-state index in [1.807, 2.05) is 0 Å². The van der Waals surface area contributed by atoms with Crippen molar-refractivity contribution in [2.24, 2.45) is 0 Å². The maximum Gasteiger partial charge on any atom is 0.145 e. The molecule has 0 bridgehead atoms. The number of para-hydroxylation sites is 1. The van der Waals surface area contributed by atoms with Crippen molar-refractivity contribution >= 4 is 60.5 Å². The molecule has 2 nitrogen and oxygen atoms in total. The molecule has 0 N–H and O–H groups in total. The molecule has 13 rings (SSSR count). The Hall–Kier alpha value is -9.24. The number of hydrogen-bond acceptors (Lipinski definition) is 2. The second-order valence-electron chi connectivity index (χ2n) is 18.0. The number of anilines is 3. The summed E-state index contributed by atoms with van der Waals surface area (Å²) in [6, 6.07) is 98.5. The van der Waals surface area contributed by atoms with E-state index in [2.05, 4.69) is 278 Å². The highest BCUT2D eigenvalue weighted by Gasteiger charge is 2.23. The highest BCUT2D eigenvalue weighted by atomic mass is 16.3. The molecule has 0 aliphatic heterocycles. The van der Waals surface area contributed by atoms with Gasteiger partial charge in [0.15, 0.2) is 0 Å². The van der Waals surface area contributed by atoms with Crippen molar-refractivity contribution in [3.8, 4) is 66.8 Å². The zero-order valence-corrected chi connectivity index (χ0v) is 38.3. The summed E-state index contributed by atoms with van der Waals surface area (Å²) < 4.78 is 6.93. The summed E-state index contributed by atoms with van der Waals surface area (Å²) >= 11 is 0. The van der Waals surface area contributed by atoms with Crippen molar-refractivity contribution in [3.63, 3.8) is 0 Å². The Balaban J connectivity index is 0.926. The highest BCUT2D eigenvalue weighted by molar-refractivity contribution is 6.18. The van der Waals surface area contributed by atoms with Gasteiger partial charge in [-0.1, -0.05) is 231 Å². The molecule has 12 aromatic carbocycles. The summed E-state index contributed by atoms with van der Waals surface area (Å²) in [5, 5.41) is 7.05. The molecule has 0 unspecified atom stereocenters.